The molecule has 192 valence electrons. The lowest BCUT2D eigenvalue weighted by atomic mass is 9.89. The number of rotatable bonds is 6. The fourth-order valence-corrected chi connectivity index (χ4v) is 5.42. The Bertz CT molecular complexity index is 1590. The monoisotopic (exact) mass is 506 g/mol. The van der Waals surface area contributed by atoms with Gasteiger partial charge in [-0.25, -0.2) is 0 Å². The zero-order valence-electron chi connectivity index (χ0n) is 21.4. The number of nitrogens with zero attached hydrogens (tertiary/aromatic N) is 2. The minimum Gasteiger partial charge on any atom is -0.451 e. The fourth-order valence-electron chi connectivity index (χ4n) is 5.42. The molecule has 0 atom stereocenters. The first-order valence-corrected chi connectivity index (χ1v) is 13.2. The van der Waals surface area contributed by atoms with Crippen molar-refractivity contribution in [3.8, 4) is 0 Å². The molecule has 0 saturated carbocycles. The third kappa shape index (κ3) is 4.67. The second-order valence-electron chi connectivity index (χ2n) is 9.97. The standard InChI is InChI=1S/C31H30N4O3/c1-20-10-11-25(30(36)32-15-12-23-19-33-26-8-4-3-7-24(23)26)29(34-20)21-13-16-35(17-14-21)31(37)28-18-22-6-2-5-9-27(22)38-28/h2-11,18-19,21,33H,12-17H2,1H3,(H,32,36). The molecule has 1 fully saturated rings. The van der Waals surface area contributed by atoms with Crippen LogP contribution >= 0.6 is 0 Å². The number of carbonyl (C=O) groups excluding carboxylic acids is 2. The number of amides is 2. The van der Waals surface area contributed by atoms with Crippen molar-refractivity contribution in [2.24, 2.45) is 0 Å². The molecule has 0 bridgehead atoms. The molecular weight excluding hydrogens is 476 g/mol. The maximum Gasteiger partial charge on any atom is 0.289 e. The fraction of sp³-hybridized carbons (Fsp3) is 0.258. The Labute approximate surface area is 220 Å². The van der Waals surface area contributed by atoms with E-state index in [9.17, 15) is 9.59 Å². The molecule has 0 unspecified atom stereocenters. The third-order valence-electron chi connectivity index (χ3n) is 7.47. The maximum absolute atomic E-state index is 13.2. The van der Waals surface area contributed by atoms with E-state index in [1.54, 1.807) is 0 Å². The van der Waals surface area contributed by atoms with Crippen LogP contribution in [0, 0.1) is 6.92 Å². The van der Waals surface area contributed by atoms with Gasteiger partial charge < -0.3 is 19.6 Å². The van der Waals surface area contributed by atoms with Gasteiger partial charge in [-0.3, -0.25) is 14.6 Å². The Hall–Kier alpha value is -4.39. The van der Waals surface area contributed by atoms with E-state index in [2.05, 4.69) is 22.4 Å². The summed E-state index contributed by atoms with van der Waals surface area (Å²) in [6.45, 7) is 3.68. The zero-order valence-corrected chi connectivity index (χ0v) is 21.4. The normalized spacial score (nSPS) is 14.3. The Morgan fingerprint density at radius 1 is 1.05 bits per heavy atom. The van der Waals surface area contributed by atoms with Crippen LogP contribution in [0.3, 0.4) is 0 Å². The van der Waals surface area contributed by atoms with Crippen molar-refractivity contribution in [2.45, 2.75) is 32.1 Å². The molecule has 2 N–H and O–H groups in total. The minimum absolute atomic E-state index is 0.0906. The lowest BCUT2D eigenvalue weighted by Crippen LogP contribution is -2.38. The lowest BCUT2D eigenvalue weighted by molar-refractivity contribution is 0.0681. The number of likely N-dealkylation sites (tertiary alicyclic amines) is 1. The minimum atomic E-state index is -0.104. The molecule has 5 aromatic rings. The van der Waals surface area contributed by atoms with Crippen LogP contribution in [0.2, 0.25) is 0 Å². The number of nitrogens with one attached hydrogen (secondary N) is 2. The highest BCUT2D eigenvalue weighted by molar-refractivity contribution is 5.97. The van der Waals surface area contributed by atoms with Crippen LogP contribution in [0.4, 0.5) is 0 Å². The number of H-pyrrole nitrogens is 1. The first-order valence-electron chi connectivity index (χ1n) is 13.2. The number of aromatic nitrogens is 2. The number of hydrogen-bond acceptors (Lipinski definition) is 4. The average molecular weight is 507 g/mol. The number of benzene rings is 2. The van der Waals surface area contributed by atoms with Crippen LogP contribution in [-0.4, -0.2) is 46.3 Å². The largest absolute Gasteiger partial charge is 0.451 e. The second kappa shape index (κ2) is 10.2. The van der Waals surface area contributed by atoms with E-state index >= 15 is 0 Å². The molecule has 4 heterocycles. The maximum atomic E-state index is 13.2. The summed E-state index contributed by atoms with van der Waals surface area (Å²) in [5.41, 5.74) is 5.34. The number of carbonyl (C=O) groups is 2. The predicted molar refractivity (Wildman–Crippen MR) is 147 cm³/mol. The van der Waals surface area contributed by atoms with Crippen LogP contribution in [-0.2, 0) is 6.42 Å². The van der Waals surface area contributed by atoms with Gasteiger partial charge in [-0.2, -0.15) is 0 Å². The highest BCUT2D eigenvalue weighted by Gasteiger charge is 2.29. The predicted octanol–water partition coefficient (Wildman–Crippen LogP) is 5.61. The quantitative estimate of drug-likeness (QED) is 0.313. The molecule has 1 saturated heterocycles. The van der Waals surface area contributed by atoms with Crippen LogP contribution in [0.5, 0.6) is 0 Å². The van der Waals surface area contributed by atoms with E-state index in [4.69, 9.17) is 9.40 Å². The van der Waals surface area contributed by atoms with Gasteiger partial charge in [0.15, 0.2) is 5.76 Å². The molecule has 6 rings (SSSR count). The highest BCUT2D eigenvalue weighted by Crippen LogP contribution is 2.31. The Kier molecular flexibility index (Phi) is 6.42. The summed E-state index contributed by atoms with van der Waals surface area (Å²) in [5, 5.41) is 5.20. The number of fused-ring (bicyclic) bond motifs is 2. The van der Waals surface area contributed by atoms with Gasteiger partial charge >= 0.3 is 0 Å². The molecule has 0 radical (unpaired) electrons. The number of piperidine rings is 1. The summed E-state index contributed by atoms with van der Waals surface area (Å²) in [6.07, 6.45) is 4.25. The Morgan fingerprint density at radius 2 is 1.84 bits per heavy atom. The lowest BCUT2D eigenvalue weighted by Gasteiger charge is -2.32. The molecule has 3 aromatic heterocycles. The van der Waals surface area contributed by atoms with Crippen molar-refractivity contribution in [3.63, 3.8) is 0 Å². The van der Waals surface area contributed by atoms with Gasteiger partial charge in [-0.05, 0) is 62.1 Å². The molecule has 38 heavy (non-hydrogen) atoms. The van der Waals surface area contributed by atoms with Gasteiger partial charge in [-0.15, -0.1) is 0 Å². The van der Waals surface area contributed by atoms with Gasteiger partial charge in [0.05, 0.1) is 11.3 Å². The van der Waals surface area contributed by atoms with Crippen molar-refractivity contribution in [3.05, 3.63) is 101 Å². The van der Waals surface area contributed by atoms with Gasteiger partial charge in [0.1, 0.15) is 5.58 Å². The molecule has 7 heteroatoms. The third-order valence-corrected chi connectivity index (χ3v) is 7.47. The van der Waals surface area contributed by atoms with E-state index in [-0.39, 0.29) is 17.7 Å². The molecule has 0 aliphatic carbocycles. The number of aryl methyl sites for hydroxylation is 1. The number of aromatic amines is 1. The SMILES string of the molecule is Cc1ccc(C(=O)NCCc2c[nH]c3ccccc23)c(C2CCN(C(=O)c3cc4ccccc4o3)CC2)n1. The summed E-state index contributed by atoms with van der Waals surface area (Å²) in [5.74, 6) is 0.290. The van der Waals surface area contributed by atoms with E-state index in [1.165, 1.54) is 10.9 Å². The second-order valence-corrected chi connectivity index (χ2v) is 9.97. The van der Waals surface area contributed by atoms with Crippen molar-refractivity contribution in [1.29, 1.82) is 0 Å². The molecule has 0 spiro atoms. The first kappa shape index (κ1) is 24.0. The average Bonchev–Trinajstić information content (AvgIpc) is 3.57. The number of pyridine rings is 1. The summed E-state index contributed by atoms with van der Waals surface area (Å²) < 4.78 is 5.79. The molecule has 1 aliphatic rings. The molecule has 2 amide bonds. The van der Waals surface area contributed by atoms with Crippen molar-refractivity contribution < 1.29 is 14.0 Å². The Balaban J connectivity index is 1.11. The highest BCUT2D eigenvalue weighted by atomic mass is 16.3. The summed E-state index contributed by atoms with van der Waals surface area (Å²) in [6, 6.07) is 21.4. The summed E-state index contributed by atoms with van der Waals surface area (Å²) >= 11 is 0. The van der Waals surface area contributed by atoms with Crippen LogP contribution in [0.25, 0.3) is 21.9 Å². The van der Waals surface area contributed by atoms with Crippen LogP contribution in [0.1, 0.15) is 56.6 Å². The van der Waals surface area contributed by atoms with Gasteiger partial charge in [0, 0.05) is 53.7 Å². The molecule has 2 aromatic carbocycles. The van der Waals surface area contributed by atoms with E-state index in [0.29, 0.717) is 31.0 Å². The number of hydrogen-bond donors (Lipinski definition) is 2. The van der Waals surface area contributed by atoms with E-state index in [1.807, 2.05) is 72.6 Å². The molecule has 7 nitrogen and oxygen atoms in total. The van der Waals surface area contributed by atoms with Crippen molar-refractivity contribution in [1.82, 2.24) is 20.2 Å². The molecular formula is C31H30N4O3. The van der Waals surface area contributed by atoms with Crippen molar-refractivity contribution in [2.75, 3.05) is 19.6 Å². The summed E-state index contributed by atoms with van der Waals surface area (Å²) in [4.78, 5) is 36.2. The number of furan rings is 1. The van der Waals surface area contributed by atoms with Crippen molar-refractivity contribution >= 4 is 33.7 Å². The Morgan fingerprint density at radius 3 is 2.68 bits per heavy atom. The topological polar surface area (TPSA) is 91.2 Å². The smallest absolute Gasteiger partial charge is 0.289 e. The van der Waals surface area contributed by atoms with Gasteiger partial charge in [0.2, 0.25) is 0 Å². The van der Waals surface area contributed by atoms with Gasteiger partial charge in [-0.1, -0.05) is 36.4 Å². The van der Waals surface area contributed by atoms with E-state index in [0.717, 1.165) is 47.1 Å². The van der Waals surface area contributed by atoms with Crippen LogP contribution in [0.15, 0.2) is 77.3 Å². The number of para-hydroxylation sites is 2. The molecule has 1 aliphatic heterocycles. The first-order chi connectivity index (χ1) is 18.6. The van der Waals surface area contributed by atoms with Gasteiger partial charge in [0.25, 0.3) is 11.8 Å². The summed E-state index contributed by atoms with van der Waals surface area (Å²) in [7, 11) is 0. The van der Waals surface area contributed by atoms with Crippen LogP contribution < -0.4 is 5.32 Å². The zero-order chi connectivity index (χ0) is 26.1. The van der Waals surface area contributed by atoms with E-state index < -0.39 is 0 Å².